The molecule has 0 heterocycles. The van der Waals surface area contributed by atoms with Crippen molar-refractivity contribution in [1.82, 2.24) is 0 Å². The Kier molecular flexibility index (Phi) is 7.75. The molecule has 168 valence electrons. The van der Waals surface area contributed by atoms with Gasteiger partial charge in [-0.1, -0.05) is 55.2 Å². The largest absolute Gasteiger partial charge is 0.482 e. The van der Waals surface area contributed by atoms with E-state index < -0.39 is 5.60 Å². The van der Waals surface area contributed by atoms with Crippen LogP contribution in [-0.2, 0) is 20.4 Å². The minimum atomic E-state index is -0.625. The molecule has 0 saturated heterocycles. The molecule has 0 N–H and O–H groups in total. The van der Waals surface area contributed by atoms with Gasteiger partial charge in [0.2, 0.25) is 0 Å². The predicted molar refractivity (Wildman–Crippen MR) is 132 cm³/mol. The van der Waals surface area contributed by atoms with Crippen LogP contribution in [-0.4, -0.2) is 18.2 Å². The molecular weight excluding hydrogens is 428 g/mol. The van der Waals surface area contributed by atoms with Crippen LogP contribution >= 0.6 is 0 Å². The number of ether oxygens (including phenoxy) is 2. The lowest BCUT2D eigenvalue weighted by atomic mass is 10.0. The predicted octanol–water partition coefficient (Wildman–Crippen LogP) is 6.43. The summed E-state index contributed by atoms with van der Waals surface area (Å²) in [6.45, 7) is 1.89. The minimum absolute atomic E-state index is 0.113. The van der Waals surface area contributed by atoms with Gasteiger partial charge in [0.05, 0.1) is 10.9 Å². The first kappa shape index (κ1) is 23.0. The smallest absolute Gasteiger partial charge is 0.345 e. The molecular formula is C29H29O3S+. The molecule has 1 saturated carbocycles. The van der Waals surface area contributed by atoms with Gasteiger partial charge in [-0.25, -0.2) is 4.79 Å². The Morgan fingerprint density at radius 3 is 1.94 bits per heavy atom. The average molecular weight is 458 g/mol. The summed E-state index contributed by atoms with van der Waals surface area (Å²) in [4.78, 5) is 16.2. The molecule has 0 aliphatic heterocycles. The highest BCUT2D eigenvalue weighted by molar-refractivity contribution is 7.97. The summed E-state index contributed by atoms with van der Waals surface area (Å²) in [7, 11) is -0.210. The van der Waals surface area contributed by atoms with Crippen LogP contribution < -0.4 is 4.74 Å². The van der Waals surface area contributed by atoms with Gasteiger partial charge in [0, 0.05) is 6.42 Å². The summed E-state index contributed by atoms with van der Waals surface area (Å²) >= 11 is 0. The molecule has 0 bridgehead atoms. The maximum atomic E-state index is 12.5. The van der Waals surface area contributed by atoms with Crippen molar-refractivity contribution in [2.75, 3.05) is 6.61 Å². The quantitative estimate of drug-likeness (QED) is 0.233. The van der Waals surface area contributed by atoms with Crippen LogP contribution in [0, 0.1) is 11.8 Å². The third-order valence-electron chi connectivity index (χ3n) is 5.59. The van der Waals surface area contributed by atoms with Gasteiger partial charge in [-0.05, 0) is 74.2 Å². The maximum absolute atomic E-state index is 12.5. The zero-order valence-corrected chi connectivity index (χ0v) is 19.8. The van der Waals surface area contributed by atoms with Gasteiger partial charge in [0.25, 0.3) is 0 Å². The zero-order valence-electron chi connectivity index (χ0n) is 19.0. The molecule has 0 radical (unpaired) electrons. The molecule has 0 amide bonds. The van der Waals surface area contributed by atoms with Gasteiger partial charge in [-0.3, -0.25) is 0 Å². The van der Waals surface area contributed by atoms with E-state index in [0.717, 1.165) is 32.1 Å². The van der Waals surface area contributed by atoms with Crippen molar-refractivity contribution in [2.24, 2.45) is 0 Å². The van der Waals surface area contributed by atoms with Crippen molar-refractivity contribution in [3.8, 4) is 17.6 Å². The van der Waals surface area contributed by atoms with Crippen LogP contribution in [0.5, 0.6) is 5.75 Å². The lowest BCUT2D eigenvalue weighted by molar-refractivity contribution is -0.156. The Balaban J connectivity index is 1.43. The second kappa shape index (κ2) is 11.1. The van der Waals surface area contributed by atoms with Crippen LogP contribution in [0.4, 0.5) is 0 Å². The van der Waals surface area contributed by atoms with Crippen molar-refractivity contribution in [3.63, 3.8) is 0 Å². The van der Waals surface area contributed by atoms with Gasteiger partial charge in [0.15, 0.2) is 26.9 Å². The first-order valence-corrected chi connectivity index (χ1v) is 12.7. The molecule has 0 unspecified atom stereocenters. The summed E-state index contributed by atoms with van der Waals surface area (Å²) in [5, 5.41) is 0. The van der Waals surface area contributed by atoms with E-state index in [-0.39, 0.29) is 23.5 Å². The summed E-state index contributed by atoms with van der Waals surface area (Å²) < 4.78 is 11.5. The first-order chi connectivity index (χ1) is 16.2. The van der Waals surface area contributed by atoms with E-state index in [0.29, 0.717) is 5.75 Å². The number of benzene rings is 3. The summed E-state index contributed by atoms with van der Waals surface area (Å²) in [5.74, 6) is 6.56. The average Bonchev–Trinajstić information content (AvgIpc) is 3.32. The Hall–Kier alpha value is -3.16. The lowest BCUT2D eigenvalue weighted by Crippen LogP contribution is -2.32. The van der Waals surface area contributed by atoms with Gasteiger partial charge < -0.3 is 9.47 Å². The monoisotopic (exact) mass is 457 g/mol. The Morgan fingerprint density at radius 1 is 0.848 bits per heavy atom. The fraction of sp³-hybridized carbons (Fsp3) is 0.276. The van der Waals surface area contributed by atoms with Crippen molar-refractivity contribution in [1.29, 1.82) is 0 Å². The molecule has 0 spiro atoms. The molecule has 0 aromatic heterocycles. The maximum Gasteiger partial charge on any atom is 0.345 e. The Morgan fingerprint density at radius 2 is 1.39 bits per heavy atom. The van der Waals surface area contributed by atoms with E-state index in [1.165, 1.54) is 14.7 Å². The van der Waals surface area contributed by atoms with Crippen molar-refractivity contribution in [2.45, 2.75) is 59.3 Å². The molecule has 33 heavy (non-hydrogen) atoms. The number of rotatable bonds is 7. The molecule has 1 aliphatic rings. The van der Waals surface area contributed by atoms with Crippen molar-refractivity contribution >= 4 is 16.9 Å². The molecule has 4 heteroatoms. The van der Waals surface area contributed by atoms with Crippen LogP contribution in [0.1, 0.15) is 39.0 Å². The van der Waals surface area contributed by atoms with Gasteiger partial charge in [-0.2, -0.15) is 0 Å². The van der Waals surface area contributed by atoms with E-state index in [4.69, 9.17) is 9.47 Å². The number of carbonyl (C=O) groups excluding carboxylic acids is 1. The molecule has 3 aromatic rings. The van der Waals surface area contributed by atoms with E-state index in [9.17, 15) is 4.79 Å². The fourth-order valence-electron chi connectivity index (χ4n) is 4.03. The second-order valence-corrected chi connectivity index (χ2v) is 10.0. The second-order valence-electron chi connectivity index (χ2n) is 8.02. The number of esters is 1. The summed E-state index contributed by atoms with van der Waals surface area (Å²) in [6, 6.07) is 29.0. The van der Waals surface area contributed by atoms with E-state index in [1.807, 2.05) is 31.2 Å². The van der Waals surface area contributed by atoms with Gasteiger partial charge >= 0.3 is 5.97 Å². The third-order valence-corrected chi connectivity index (χ3v) is 7.82. The molecule has 1 fully saturated rings. The van der Waals surface area contributed by atoms with Crippen molar-refractivity contribution < 1.29 is 14.3 Å². The molecule has 0 atom stereocenters. The number of hydrogen-bond donors (Lipinski definition) is 0. The fourth-order valence-corrected chi connectivity index (χ4v) is 6.11. The standard InChI is InChI=1S/C29H29O3S/c1-2-3-20-29(21-10-11-22-29)32-28(30)23-31-24-16-18-27(19-17-24)33(25-12-6-4-7-13-25)26-14-8-5-9-15-26/h4-9,12-19H,2,10-11,21-23H2,1H3/q+1. The Bertz CT molecular complexity index is 1050. The molecule has 3 aromatic carbocycles. The number of hydrogen-bond acceptors (Lipinski definition) is 3. The summed E-state index contributed by atoms with van der Waals surface area (Å²) in [5.41, 5.74) is -0.625. The molecule has 4 rings (SSSR count). The van der Waals surface area contributed by atoms with Crippen LogP contribution in [0.25, 0.3) is 0 Å². The molecule has 3 nitrogen and oxygen atoms in total. The van der Waals surface area contributed by atoms with E-state index in [1.54, 1.807) is 0 Å². The van der Waals surface area contributed by atoms with Crippen molar-refractivity contribution in [3.05, 3.63) is 84.9 Å². The Labute approximate surface area is 199 Å². The summed E-state index contributed by atoms with van der Waals surface area (Å²) in [6.07, 6.45) is 4.46. The molecule has 1 aliphatic carbocycles. The van der Waals surface area contributed by atoms with E-state index in [2.05, 4.69) is 72.5 Å². The van der Waals surface area contributed by atoms with Gasteiger partial charge in [-0.15, -0.1) is 0 Å². The third kappa shape index (κ3) is 6.00. The highest BCUT2D eigenvalue weighted by atomic mass is 32.2. The highest BCUT2D eigenvalue weighted by Crippen LogP contribution is 2.34. The first-order valence-electron chi connectivity index (χ1n) is 11.5. The lowest BCUT2D eigenvalue weighted by Gasteiger charge is -2.23. The SMILES string of the molecule is CCC#CC1(OC(=O)COc2ccc([S+](c3ccccc3)c3ccccc3)cc2)CCCC1. The highest BCUT2D eigenvalue weighted by Gasteiger charge is 2.36. The number of carbonyl (C=O) groups is 1. The van der Waals surface area contributed by atoms with Crippen LogP contribution in [0.15, 0.2) is 99.6 Å². The zero-order chi connectivity index (χ0) is 22.9. The normalized spacial score (nSPS) is 14.4. The topological polar surface area (TPSA) is 35.5 Å². The van der Waals surface area contributed by atoms with Gasteiger partial charge in [0.1, 0.15) is 5.75 Å². The van der Waals surface area contributed by atoms with Crippen LogP contribution in [0.3, 0.4) is 0 Å². The minimum Gasteiger partial charge on any atom is -0.482 e. The van der Waals surface area contributed by atoms with E-state index >= 15 is 0 Å². The van der Waals surface area contributed by atoms with Crippen LogP contribution in [0.2, 0.25) is 0 Å².